The van der Waals surface area contributed by atoms with E-state index in [1.807, 2.05) is 24.3 Å². The first-order chi connectivity index (χ1) is 16.5. The molecule has 1 N–H and O–H groups in total. The minimum atomic E-state index is -4.72. The van der Waals surface area contributed by atoms with Gasteiger partial charge in [0, 0.05) is 6.42 Å². The van der Waals surface area contributed by atoms with Crippen LogP contribution in [0.1, 0.15) is 23.1 Å². The molecule has 0 bridgehead atoms. The molecule has 3 aromatic carbocycles. The summed E-state index contributed by atoms with van der Waals surface area (Å²) in [6.45, 7) is 0.586. The summed E-state index contributed by atoms with van der Waals surface area (Å²) in [5, 5.41) is 9.40. The zero-order chi connectivity index (χ0) is 25.0. The SMILES string of the molecule is O=C(O)CC1Cc2ccc(-c3ccc4c(c3)CCO4)cc2N1S(=O)(=O)c1cccc(C(F)(F)F)c1. The fourth-order valence-electron chi connectivity index (χ4n) is 4.65. The van der Waals surface area contributed by atoms with Crippen molar-refractivity contribution in [2.45, 2.75) is 36.4 Å². The van der Waals surface area contributed by atoms with Gasteiger partial charge in [0.2, 0.25) is 0 Å². The van der Waals surface area contributed by atoms with Gasteiger partial charge in [0.15, 0.2) is 0 Å². The van der Waals surface area contributed by atoms with Crippen LogP contribution in [0.5, 0.6) is 5.75 Å². The topological polar surface area (TPSA) is 83.9 Å². The van der Waals surface area contributed by atoms with Crippen LogP contribution >= 0.6 is 0 Å². The Morgan fingerprint density at radius 1 is 1.03 bits per heavy atom. The molecule has 0 radical (unpaired) electrons. The molecule has 0 amide bonds. The van der Waals surface area contributed by atoms with Crippen molar-refractivity contribution in [3.05, 3.63) is 77.4 Å². The number of aliphatic carboxylic acids is 1. The number of rotatable bonds is 5. The third-order valence-corrected chi connectivity index (χ3v) is 8.12. The van der Waals surface area contributed by atoms with E-state index in [9.17, 15) is 31.5 Å². The van der Waals surface area contributed by atoms with E-state index in [4.69, 9.17) is 4.74 Å². The van der Waals surface area contributed by atoms with Gasteiger partial charge in [-0.15, -0.1) is 0 Å². The highest BCUT2D eigenvalue weighted by Gasteiger charge is 2.41. The molecule has 2 aliphatic heterocycles. The van der Waals surface area contributed by atoms with Gasteiger partial charge in [-0.05, 0) is 65.1 Å². The highest BCUT2D eigenvalue weighted by Crippen LogP contribution is 2.42. The van der Waals surface area contributed by atoms with Crippen molar-refractivity contribution in [3.8, 4) is 16.9 Å². The highest BCUT2D eigenvalue weighted by atomic mass is 32.2. The van der Waals surface area contributed by atoms with Crippen LogP contribution in [-0.4, -0.2) is 32.1 Å². The zero-order valence-corrected chi connectivity index (χ0v) is 19.1. The molecule has 10 heteroatoms. The maximum absolute atomic E-state index is 13.6. The van der Waals surface area contributed by atoms with E-state index in [0.717, 1.165) is 45.8 Å². The predicted molar refractivity (Wildman–Crippen MR) is 122 cm³/mol. The number of nitrogens with zero attached hydrogens (tertiary/aromatic N) is 1. The van der Waals surface area contributed by atoms with E-state index in [-0.39, 0.29) is 12.1 Å². The molecule has 182 valence electrons. The molecule has 6 nitrogen and oxygen atoms in total. The first-order valence-corrected chi connectivity index (χ1v) is 12.3. The Hall–Kier alpha value is -3.53. The van der Waals surface area contributed by atoms with E-state index < -0.39 is 45.1 Å². The normalized spacial score (nSPS) is 17.1. The fourth-order valence-corrected chi connectivity index (χ4v) is 6.37. The van der Waals surface area contributed by atoms with E-state index in [1.54, 1.807) is 12.1 Å². The molecule has 0 saturated carbocycles. The van der Waals surface area contributed by atoms with Crippen LogP contribution < -0.4 is 9.04 Å². The van der Waals surface area contributed by atoms with Gasteiger partial charge < -0.3 is 9.84 Å². The number of benzene rings is 3. The van der Waals surface area contributed by atoms with Crippen molar-refractivity contribution in [2.24, 2.45) is 0 Å². The molecule has 0 saturated heterocycles. The van der Waals surface area contributed by atoms with Crippen molar-refractivity contribution < 1.29 is 36.2 Å². The second-order valence-corrected chi connectivity index (χ2v) is 10.4. The van der Waals surface area contributed by atoms with Gasteiger partial charge in [-0.1, -0.05) is 24.3 Å². The van der Waals surface area contributed by atoms with Gasteiger partial charge in [-0.3, -0.25) is 9.10 Å². The molecule has 2 aliphatic rings. The summed E-state index contributed by atoms with van der Waals surface area (Å²) in [6.07, 6.45) is -4.32. The summed E-state index contributed by atoms with van der Waals surface area (Å²) in [6, 6.07) is 13.4. The molecule has 0 aliphatic carbocycles. The summed E-state index contributed by atoms with van der Waals surface area (Å²) in [4.78, 5) is 11.0. The van der Waals surface area contributed by atoms with Gasteiger partial charge in [0.05, 0.1) is 35.2 Å². The van der Waals surface area contributed by atoms with Crippen molar-refractivity contribution in [1.29, 1.82) is 0 Å². The summed E-state index contributed by atoms with van der Waals surface area (Å²) in [5.41, 5.74) is 2.35. The number of hydrogen-bond donors (Lipinski definition) is 1. The maximum Gasteiger partial charge on any atom is 0.416 e. The maximum atomic E-state index is 13.6. The number of carboxylic acid groups (broad SMARTS) is 1. The number of ether oxygens (including phenoxy) is 1. The van der Waals surface area contributed by atoms with Gasteiger partial charge in [0.1, 0.15) is 5.75 Å². The molecule has 5 rings (SSSR count). The van der Waals surface area contributed by atoms with Crippen LogP contribution in [-0.2, 0) is 33.8 Å². The third-order valence-electron chi connectivity index (χ3n) is 6.26. The Labute approximate surface area is 199 Å². The minimum absolute atomic E-state index is 0.137. The molecule has 0 aromatic heterocycles. The third kappa shape index (κ3) is 4.22. The Bertz CT molecular complexity index is 1440. The van der Waals surface area contributed by atoms with Gasteiger partial charge in [-0.2, -0.15) is 13.2 Å². The molecule has 2 heterocycles. The smallest absolute Gasteiger partial charge is 0.416 e. The van der Waals surface area contributed by atoms with E-state index in [1.165, 1.54) is 0 Å². The number of alkyl halides is 3. The largest absolute Gasteiger partial charge is 0.493 e. The molecule has 1 atom stereocenters. The van der Waals surface area contributed by atoms with E-state index >= 15 is 0 Å². The highest BCUT2D eigenvalue weighted by molar-refractivity contribution is 7.92. The molecule has 1 unspecified atom stereocenters. The quantitative estimate of drug-likeness (QED) is 0.536. The molecule has 3 aromatic rings. The van der Waals surface area contributed by atoms with Crippen LogP contribution in [0.3, 0.4) is 0 Å². The van der Waals surface area contributed by atoms with Crippen molar-refractivity contribution >= 4 is 21.7 Å². The molecule has 35 heavy (non-hydrogen) atoms. The number of sulfonamides is 1. The lowest BCUT2D eigenvalue weighted by atomic mass is 9.99. The Morgan fingerprint density at radius 2 is 1.77 bits per heavy atom. The monoisotopic (exact) mass is 503 g/mol. The minimum Gasteiger partial charge on any atom is -0.493 e. The van der Waals surface area contributed by atoms with Crippen LogP contribution in [0.25, 0.3) is 11.1 Å². The van der Waals surface area contributed by atoms with E-state index in [0.29, 0.717) is 23.8 Å². The number of fused-ring (bicyclic) bond motifs is 2. The summed E-state index contributed by atoms with van der Waals surface area (Å²) < 4.78 is 73.5. The van der Waals surface area contributed by atoms with Crippen LogP contribution in [0.15, 0.2) is 65.6 Å². The standard InChI is InChI=1S/C25H20F3NO5S/c26-25(27,28)19-2-1-3-21(13-19)35(32,33)29-20(14-24(30)31)11-17-5-4-16(12-22(17)29)15-6-7-23-18(10-15)8-9-34-23/h1-7,10,12-13,20H,8-9,11,14H2,(H,30,31). The summed E-state index contributed by atoms with van der Waals surface area (Å²) >= 11 is 0. The lowest BCUT2D eigenvalue weighted by Gasteiger charge is -2.26. The van der Waals surface area contributed by atoms with Crippen molar-refractivity contribution in [2.75, 3.05) is 10.9 Å². The number of halogens is 3. The zero-order valence-electron chi connectivity index (χ0n) is 18.2. The van der Waals surface area contributed by atoms with Crippen molar-refractivity contribution in [3.63, 3.8) is 0 Å². The van der Waals surface area contributed by atoms with Crippen LogP contribution in [0.4, 0.5) is 18.9 Å². The van der Waals surface area contributed by atoms with Gasteiger partial charge in [0.25, 0.3) is 10.0 Å². The Balaban J connectivity index is 1.61. The average Bonchev–Trinajstić information content (AvgIpc) is 3.41. The number of carboxylic acids is 1. The molecular formula is C25H20F3NO5S. The average molecular weight is 503 g/mol. The van der Waals surface area contributed by atoms with E-state index in [2.05, 4.69) is 0 Å². The molecule has 0 fully saturated rings. The second kappa shape index (κ2) is 8.30. The van der Waals surface area contributed by atoms with Crippen LogP contribution in [0.2, 0.25) is 0 Å². The fraction of sp³-hybridized carbons (Fsp3) is 0.240. The lowest BCUT2D eigenvalue weighted by Crippen LogP contribution is -2.39. The van der Waals surface area contributed by atoms with Crippen molar-refractivity contribution in [1.82, 2.24) is 0 Å². The number of anilines is 1. The molecular weight excluding hydrogens is 483 g/mol. The first-order valence-electron chi connectivity index (χ1n) is 10.9. The molecule has 0 spiro atoms. The van der Waals surface area contributed by atoms with Gasteiger partial charge >= 0.3 is 12.1 Å². The second-order valence-electron chi connectivity index (χ2n) is 8.55. The first kappa shape index (κ1) is 23.2. The Morgan fingerprint density at radius 3 is 2.51 bits per heavy atom. The van der Waals surface area contributed by atoms with Crippen LogP contribution in [0, 0.1) is 0 Å². The number of hydrogen-bond acceptors (Lipinski definition) is 4. The Kier molecular flexibility index (Phi) is 5.51. The van der Waals surface area contributed by atoms with Gasteiger partial charge in [-0.25, -0.2) is 8.42 Å². The summed E-state index contributed by atoms with van der Waals surface area (Å²) in [5.74, 6) is -0.406. The lowest BCUT2D eigenvalue weighted by molar-refractivity contribution is -0.138. The summed E-state index contributed by atoms with van der Waals surface area (Å²) in [7, 11) is -4.49. The predicted octanol–water partition coefficient (Wildman–Crippen LogP) is 4.90. The number of carbonyl (C=O) groups is 1.